The largest absolute Gasteiger partial charge is 0.341 e. The van der Waals surface area contributed by atoms with Crippen LogP contribution in [0, 0.1) is 5.92 Å². The fraction of sp³-hybridized carbons (Fsp3) is 0.812. The van der Waals surface area contributed by atoms with Gasteiger partial charge in [-0.15, -0.1) is 0 Å². The Hall–Kier alpha value is -1.39. The molecule has 0 saturated carbocycles. The SMILES string of the molecule is CCCC[C@@H](CC)CC(=O)N1CCC[C@@H](n2cncn2)C1. The molecule has 1 aromatic rings. The number of likely N-dealkylation sites (tertiary alicyclic amines) is 1. The van der Waals surface area contributed by atoms with Gasteiger partial charge in [-0.1, -0.05) is 33.1 Å². The normalized spacial score (nSPS) is 20.5. The lowest BCUT2D eigenvalue weighted by molar-refractivity contribution is -0.134. The summed E-state index contributed by atoms with van der Waals surface area (Å²) in [6.45, 7) is 6.09. The molecular weight excluding hydrogens is 264 g/mol. The number of unbranched alkanes of at least 4 members (excludes halogenated alkanes) is 1. The van der Waals surface area contributed by atoms with Crippen LogP contribution >= 0.6 is 0 Å². The summed E-state index contributed by atoms with van der Waals surface area (Å²) in [6.07, 6.45) is 10.9. The van der Waals surface area contributed by atoms with E-state index < -0.39 is 0 Å². The summed E-state index contributed by atoms with van der Waals surface area (Å²) in [5, 5.41) is 4.22. The van der Waals surface area contributed by atoms with Gasteiger partial charge in [0.15, 0.2) is 0 Å². The molecule has 21 heavy (non-hydrogen) atoms. The van der Waals surface area contributed by atoms with Gasteiger partial charge in [-0.3, -0.25) is 4.79 Å². The van der Waals surface area contributed by atoms with Gasteiger partial charge in [0.05, 0.1) is 6.04 Å². The van der Waals surface area contributed by atoms with E-state index in [-0.39, 0.29) is 0 Å². The predicted octanol–water partition coefficient (Wildman–Crippen LogP) is 3.05. The lowest BCUT2D eigenvalue weighted by Gasteiger charge is -2.33. The monoisotopic (exact) mass is 292 g/mol. The molecule has 0 radical (unpaired) electrons. The zero-order valence-electron chi connectivity index (χ0n) is 13.4. The van der Waals surface area contributed by atoms with Gasteiger partial charge in [0.2, 0.25) is 5.91 Å². The number of amides is 1. The second-order valence-corrected chi connectivity index (χ2v) is 6.13. The Morgan fingerprint density at radius 3 is 2.95 bits per heavy atom. The number of carbonyl (C=O) groups is 1. The summed E-state index contributed by atoms with van der Waals surface area (Å²) in [5.41, 5.74) is 0. The third-order valence-electron chi connectivity index (χ3n) is 4.57. The van der Waals surface area contributed by atoms with Crippen LogP contribution < -0.4 is 0 Å². The first kappa shape index (κ1) is 16.0. The summed E-state index contributed by atoms with van der Waals surface area (Å²) < 4.78 is 1.90. The summed E-state index contributed by atoms with van der Waals surface area (Å²) in [7, 11) is 0. The summed E-state index contributed by atoms with van der Waals surface area (Å²) >= 11 is 0. The molecular formula is C16H28N4O. The van der Waals surface area contributed by atoms with Crippen molar-refractivity contribution in [1.29, 1.82) is 0 Å². The van der Waals surface area contributed by atoms with E-state index in [1.807, 2.05) is 9.58 Å². The van der Waals surface area contributed by atoms with Gasteiger partial charge in [-0.2, -0.15) is 5.10 Å². The van der Waals surface area contributed by atoms with Crippen molar-refractivity contribution >= 4 is 5.91 Å². The molecule has 0 spiro atoms. The maximum Gasteiger partial charge on any atom is 0.222 e. The Morgan fingerprint density at radius 2 is 2.29 bits per heavy atom. The number of hydrogen-bond acceptors (Lipinski definition) is 3. The molecule has 1 amide bonds. The molecule has 1 saturated heterocycles. The number of aromatic nitrogens is 3. The maximum absolute atomic E-state index is 12.5. The van der Waals surface area contributed by atoms with E-state index in [1.165, 1.54) is 19.3 Å². The lowest BCUT2D eigenvalue weighted by Crippen LogP contribution is -2.41. The van der Waals surface area contributed by atoms with Crippen molar-refractivity contribution in [2.45, 2.75) is 64.8 Å². The molecule has 2 rings (SSSR count). The number of piperidine rings is 1. The Bertz CT molecular complexity index is 418. The van der Waals surface area contributed by atoms with Crippen LogP contribution in [0.5, 0.6) is 0 Å². The molecule has 0 N–H and O–H groups in total. The zero-order chi connectivity index (χ0) is 15.1. The second kappa shape index (κ2) is 8.15. The van der Waals surface area contributed by atoms with E-state index in [9.17, 15) is 4.79 Å². The van der Waals surface area contributed by atoms with Crippen LogP contribution in [0.15, 0.2) is 12.7 Å². The van der Waals surface area contributed by atoms with Crippen molar-refractivity contribution in [1.82, 2.24) is 19.7 Å². The van der Waals surface area contributed by atoms with Gasteiger partial charge >= 0.3 is 0 Å². The molecule has 1 fully saturated rings. The molecule has 118 valence electrons. The molecule has 2 heterocycles. The number of carbonyl (C=O) groups excluding carboxylic acids is 1. The predicted molar refractivity (Wildman–Crippen MR) is 82.8 cm³/mol. The Kier molecular flexibility index (Phi) is 6.21. The number of hydrogen-bond donors (Lipinski definition) is 0. The summed E-state index contributed by atoms with van der Waals surface area (Å²) in [5.74, 6) is 0.868. The quantitative estimate of drug-likeness (QED) is 0.776. The van der Waals surface area contributed by atoms with Crippen LogP contribution in [-0.2, 0) is 4.79 Å². The molecule has 1 aliphatic heterocycles. The van der Waals surface area contributed by atoms with E-state index in [0.29, 0.717) is 24.3 Å². The Morgan fingerprint density at radius 1 is 1.43 bits per heavy atom. The maximum atomic E-state index is 12.5. The van der Waals surface area contributed by atoms with Gasteiger partial charge in [0, 0.05) is 19.5 Å². The average molecular weight is 292 g/mol. The molecule has 0 aliphatic carbocycles. The molecule has 5 heteroatoms. The Balaban J connectivity index is 1.86. The minimum atomic E-state index is 0.293. The number of rotatable bonds is 7. The van der Waals surface area contributed by atoms with E-state index in [1.54, 1.807) is 12.7 Å². The van der Waals surface area contributed by atoms with Gasteiger partial charge in [0.1, 0.15) is 12.7 Å². The van der Waals surface area contributed by atoms with Crippen LogP contribution in [0.3, 0.4) is 0 Å². The lowest BCUT2D eigenvalue weighted by atomic mass is 9.94. The third-order valence-corrected chi connectivity index (χ3v) is 4.57. The first-order valence-corrected chi connectivity index (χ1v) is 8.36. The van der Waals surface area contributed by atoms with Crippen molar-refractivity contribution in [2.24, 2.45) is 5.92 Å². The Labute approximate surface area is 127 Å². The smallest absolute Gasteiger partial charge is 0.222 e. The van der Waals surface area contributed by atoms with Crippen molar-refractivity contribution in [3.8, 4) is 0 Å². The topological polar surface area (TPSA) is 51.0 Å². The van der Waals surface area contributed by atoms with Crippen molar-refractivity contribution < 1.29 is 4.79 Å². The van der Waals surface area contributed by atoms with Gasteiger partial charge in [-0.05, 0) is 25.2 Å². The van der Waals surface area contributed by atoms with Crippen molar-refractivity contribution in [3.05, 3.63) is 12.7 Å². The molecule has 1 aromatic heterocycles. The molecule has 5 nitrogen and oxygen atoms in total. The zero-order valence-corrected chi connectivity index (χ0v) is 13.4. The highest BCUT2D eigenvalue weighted by atomic mass is 16.2. The minimum Gasteiger partial charge on any atom is -0.341 e. The minimum absolute atomic E-state index is 0.293. The fourth-order valence-corrected chi connectivity index (χ4v) is 3.12. The highest BCUT2D eigenvalue weighted by molar-refractivity contribution is 5.76. The first-order valence-electron chi connectivity index (χ1n) is 8.36. The van der Waals surface area contributed by atoms with Crippen LogP contribution in [0.1, 0.15) is 64.8 Å². The molecule has 1 aliphatic rings. The second-order valence-electron chi connectivity index (χ2n) is 6.13. The average Bonchev–Trinajstić information content (AvgIpc) is 3.05. The highest BCUT2D eigenvalue weighted by Gasteiger charge is 2.26. The molecule has 0 aromatic carbocycles. The van der Waals surface area contributed by atoms with Crippen LogP contribution in [0.4, 0.5) is 0 Å². The van der Waals surface area contributed by atoms with Gasteiger partial charge < -0.3 is 4.90 Å². The summed E-state index contributed by atoms with van der Waals surface area (Å²) in [6, 6.07) is 0.293. The molecule has 0 bridgehead atoms. The first-order chi connectivity index (χ1) is 10.2. The fourth-order valence-electron chi connectivity index (χ4n) is 3.12. The molecule has 0 unspecified atom stereocenters. The third kappa shape index (κ3) is 4.55. The van der Waals surface area contributed by atoms with Crippen molar-refractivity contribution in [2.75, 3.05) is 13.1 Å². The van der Waals surface area contributed by atoms with E-state index in [2.05, 4.69) is 23.9 Å². The van der Waals surface area contributed by atoms with Crippen molar-refractivity contribution in [3.63, 3.8) is 0 Å². The van der Waals surface area contributed by atoms with Gasteiger partial charge in [0.25, 0.3) is 0 Å². The molecule has 2 atom stereocenters. The van der Waals surface area contributed by atoms with Crippen LogP contribution in [0.2, 0.25) is 0 Å². The standard InChI is InChI=1S/C16H28N4O/c1-3-5-7-14(4-2)10-16(21)19-9-6-8-15(11-19)20-13-17-12-18-20/h12-15H,3-11H2,1-2H3/t14-,15-/m1/s1. The highest BCUT2D eigenvalue weighted by Crippen LogP contribution is 2.23. The summed E-state index contributed by atoms with van der Waals surface area (Å²) in [4.78, 5) is 18.6. The van der Waals surface area contributed by atoms with Crippen LogP contribution in [0.25, 0.3) is 0 Å². The van der Waals surface area contributed by atoms with Crippen LogP contribution in [-0.4, -0.2) is 38.7 Å². The van der Waals surface area contributed by atoms with E-state index in [0.717, 1.165) is 32.4 Å². The number of nitrogens with zero attached hydrogens (tertiary/aromatic N) is 4. The van der Waals surface area contributed by atoms with E-state index >= 15 is 0 Å². The van der Waals surface area contributed by atoms with Gasteiger partial charge in [-0.25, -0.2) is 9.67 Å². The van der Waals surface area contributed by atoms with E-state index in [4.69, 9.17) is 0 Å².